The largest absolute Gasteiger partial charge is 0.378 e. The van der Waals surface area contributed by atoms with Gasteiger partial charge in [0.25, 0.3) is 0 Å². The number of carbonyl (C=O) groups excluding carboxylic acids is 1. The minimum absolute atomic E-state index is 0. The van der Waals surface area contributed by atoms with Crippen LogP contribution < -0.4 is 5.32 Å². The van der Waals surface area contributed by atoms with E-state index < -0.39 is 0 Å². The Hall–Kier alpha value is -0.0700. The van der Waals surface area contributed by atoms with E-state index in [0.29, 0.717) is 18.9 Å². The lowest BCUT2D eigenvalue weighted by molar-refractivity contribution is -0.132. The third-order valence-corrected chi connectivity index (χ3v) is 5.14. The van der Waals surface area contributed by atoms with Gasteiger partial charge in [0.1, 0.15) is 0 Å². The Balaban J connectivity index is 0.00000132. The van der Waals surface area contributed by atoms with Gasteiger partial charge in [0, 0.05) is 51.2 Å². The van der Waals surface area contributed by atoms with E-state index in [1.54, 1.807) is 0 Å². The highest BCUT2D eigenvalue weighted by molar-refractivity contribution is 5.85. The van der Waals surface area contributed by atoms with Crippen molar-refractivity contribution >= 4 is 30.7 Å². The lowest BCUT2D eigenvalue weighted by atomic mass is 10.1. The number of hydrogen-bond donors (Lipinski definition) is 1. The zero-order valence-corrected chi connectivity index (χ0v) is 15.5. The molecule has 5 nitrogen and oxygen atoms in total. The molecule has 1 aliphatic carbocycles. The van der Waals surface area contributed by atoms with Crippen molar-refractivity contribution in [1.82, 2.24) is 15.1 Å². The third kappa shape index (κ3) is 6.05. The van der Waals surface area contributed by atoms with E-state index >= 15 is 0 Å². The molecular weight excluding hydrogens is 337 g/mol. The summed E-state index contributed by atoms with van der Waals surface area (Å²) in [6.07, 6.45) is 7.20. The molecule has 2 aliphatic heterocycles. The Kier molecular flexibility index (Phi) is 9.78. The first kappa shape index (κ1) is 21.0. The minimum Gasteiger partial charge on any atom is -0.378 e. The standard InChI is InChI=1S/C16H29N3O2.2ClH/c20-16(12-14-13-21-11-6-17-14)19-8-3-7-18(9-10-19)15-4-1-2-5-15;;/h14-15,17H,1-13H2;2*1H. The summed E-state index contributed by atoms with van der Waals surface area (Å²) in [6.45, 7) is 6.37. The maximum absolute atomic E-state index is 12.5. The molecule has 0 aromatic rings. The molecule has 0 radical (unpaired) electrons. The van der Waals surface area contributed by atoms with Crippen LogP contribution in [0.25, 0.3) is 0 Å². The Labute approximate surface area is 152 Å². The van der Waals surface area contributed by atoms with Crippen molar-refractivity contribution in [2.24, 2.45) is 0 Å². The van der Waals surface area contributed by atoms with Gasteiger partial charge in [-0.2, -0.15) is 0 Å². The zero-order valence-electron chi connectivity index (χ0n) is 13.9. The van der Waals surface area contributed by atoms with E-state index in [1.165, 1.54) is 32.2 Å². The fourth-order valence-corrected chi connectivity index (χ4v) is 3.91. The molecule has 1 amide bonds. The van der Waals surface area contributed by atoms with Gasteiger partial charge in [-0.25, -0.2) is 0 Å². The molecule has 1 N–H and O–H groups in total. The van der Waals surface area contributed by atoms with Crippen LogP contribution in [0.5, 0.6) is 0 Å². The molecule has 0 aromatic carbocycles. The maximum Gasteiger partial charge on any atom is 0.224 e. The van der Waals surface area contributed by atoms with Gasteiger partial charge in [-0.1, -0.05) is 12.8 Å². The van der Waals surface area contributed by atoms with Crippen molar-refractivity contribution < 1.29 is 9.53 Å². The quantitative estimate of drug-likeness (QED) is 0.824. The number of hydrogen-bond acceptors (Lipinski definition) is 4. The second-order valence-corrected chi connectivity index (χ2v) is 6.64. The van der Waals surface area contributed by atoms with Gasteiger partial charge in [0.2, 0.25) is 5.91 Å². The van der Waals surface area contributed by atoms with Crippen LogP contribution in [0.15, 0.2) is 0 Å². The molecule has 3 rings (SSSR count). The molecule has 0 bridgehead atoms. The first-order chi connectivity index (χ1) is 10.3. The lowest BCUT2D eigenvalue weighted by Crippen LogP contribution is -2.46. The van der Waals surface area contributed by atoms with Crippen molar-refractivity contribution in [3.63, 3.8) is 0 Å². The van der Waals surface area contributed by atoms with Crippen LogP contribution >= 0.6 is 24.8 Å². The monoisotopic (exact) mass is 367 g/mol. The van der Waals surface area contributed by atoms with E-state index in [2.05, 4.69) is 15.1 Å². The summed E-state index contributed by atoms with van der Waals surface area (Å²) in [5.41, 5.74) is 0. The van der Waals surface area contributed by atoms with E-state index in [9.17, 15) is 4.79 Å². The number of nitrogens with one attached hydrogen (secondary N) is 1. The van der Waals surface area contributed by atoms with Gasteiger partial charge in [0.15, 0.2) is 0 Å². The Morgan fingerprint density at radius 1 is 1.04 bits per heavy atom. The summed E-state index contributed by atoms with van der Waals surface area (Å²) in [5, 5.41) is 3.38. The Bertz CT molecular complexity index is 348. The van der Waals surface area contributed by atoms with Crippen molar-refractivity contribution in [3.8, 4) is 0 Å². The van der Waals surface area contributed by atoms with Crippen LogP contribution in [0.3, 0.4) is 0 Å². The number of ether oxygens (including phenoxy) is 1. The van der Waals surface area contributed by atoms with Crippen LogP contribution in [0.4, 0.5) is 0 Å². The SMILES string of the molecule is Cl.Cl.O=C(CC1COCCN1)N1CCCN(C2CCCC2)CC1. The normalized spacial score (nSPS) is 27.0. The number of nitrogens with zero attached hydrogens (tertiary/aromatic N) is 2. The highest BCUT2D eigenvalue weighted by Gasteiger charge is 2.27. The molecule has 3 fully saturated rings. The zero-order chi connectivity index (χ0) is 14.5. The highest BCUT2D eigenvalue weighted by atomic mass is 35.5. The molecule has 1 atom stereocenters. The Morgan fingerprint density at radius 3 is 2.52 bits per heavy atom. The molecule has 23 heavy (non-hydrogen) atoms. The lowest BCUT2D eigenvalue weighted by Gasteiger charge is -2.28. The van der Waals surface area contributed by atoms with Crippen molar-refractivity contribution in [2.75, 3.05) is 45.9 Å². The number of amides is 1. The van der Waals surface area contributed by atoms with Crippen LogP contribution in [-0.4, -0.2) is 73.7 Å². The summed E-state index contributed by atoms with van der Waals surface area (Å²) < 4.78 is 5.44. The highest BCUT2D eigenvalue weighted by Crippen LogP contribution is 2.24. The minimum atomic E-state index is 0. The molecule has 3 aliphatic rings. The maximum atomic E-state index is 12.5. The summed E-state index contributed by atoms with van der Waals surface area (Å²) in [7, 11) is 0. The molecule has 0 aromatic heterocycles. The summed E-state index contributed by atoms with van der Waals surface area (Å²) in [6, 6.07) is 0.994. The number of morpholine rings is 1. The van der Waals surface area contributed by atoms with Crippen LogP contribution in [0.1, 0.15) is 38.5 Å². The molecule has 1 unspecified atom stereocenters. The molecule has 136 valence electrons. The predicted molar refractivity (Wildman–Crippen MR) is 96.7 cm³/mol. The average Bonchev–Trinajstić information content (AvgIpc) is 2.93. The molecule has 0 spiro atoms. The van der Waals surface area contributed by atoms with E-state index in [1.807, 2.05) is 0 Å². The van der Waals surface area contributed by atoms with Gasteiger partial charge in [0.05, 0.1) is 13.2 Å². The first-order valence-corrected chi connectivity index (χ1v) is 8.66. The van der Waals surface area contributed by atoms with Gasteiger partial charge < -0.3 is 15.0 Å². The average molecular weight is 368 g/mol. The first-order valence-electron chi connectivity index (χ1n) is 8.66. The molecule has 2 heterocycles. The topological polar surface area (TPSA) is 44.8 Å². The molecule has 2 saturated heterocycles. The molecule has 7 heteroatoms. The number of halogens is 2. The number of rotatable bonds is 3. The number of carbonyl (C=O) groups is 1. The summed E-state index contributed by atoms with van der Waals surface area (Å²) in [5.74, 6) is 0.297. The van der Waals surface area contributed by atoms with Gasteiger partial charge in [-0.3, -0.25) is 9.69 Å². The second kappa shape index (κ2) is 10.7. The van der Waals surface area contributed by atoms with Gasteiger partial charge >= 0.3 is 0 Å². The van der Waals surface area contributed by atoms with Crippen molar-refractivity contribution in [1.29, 1.82) is 0 Å². The predicted octanol–water partition coefficient (Wildman–Crippen LogP) is 1.69. The summed E-state index contributed by atoms with van der Waals surface area (Å²) >= 11 is 0. The molecular formula is C16H31Cl2N3O2. The van der Waals surface area contributed by atoms with Crippen LogP contribution in [-0.2, 0) is 9.53 Å². The second-order valence-electron chi connectivity index (χ2n) is 6.64. The smallest absolute Gasteiger partial charge is 0.224 e. The van der Waals surface area contributed by atoms with E-state index in [-0.39, 0.29) is 30.9 Å². The van der Waals surface area contributed by atoms with Crippen LogP contribution in [0.2, 0.25) is 0 Å². The fourth-order valence-electron chi connectivity index (χ4n) is 3.91. The third-order valence-electron chi connectivity index (χ3n) is 5.14. The van der Waals surface area contributed by atoms with Crippen molar-refractivity contribution in [2.45, 2.75) is 50.6 Å². The van der Waals surface area contributed by atoms with Crippen molar-refractivity contribution in [3.05, 3.63) is 0 Å². The van der Waals surface area contributed by atoms with Gasteiger partial charge in [-0.05, 0) is 19.3 Å². The summed E-state index contributed by atoms with van der Waals surface area (Å²) in [4.78, 5) is 17.2. The van der Waals surface area contributed by atoms with Gasteiger partial charge in [-0.15, -0.1) is 24.8 Å². The molecule has 1 saturated carbocycles. The fraction of sp³-hybridized carbons (Fsp3) is 0.938. The van der Waals surface area contributed by atoms with Crippen LogP contribution in [0, 0.1) is 0 Å². The Morgan fingerprint density at radius 2 is 1.83 bits per heavy atom. The van der Waals surface area contributed by atoms with E-state index in [4.69, 9.17) is 4.74 Å². The van der Waals surface area contributed by atoms with E-state index in [0.717, 1.165) is 45.2 Å².